The van der Waals surface area contributed by atoms with E-state index in [1.54, 1.807) is 12.1 Å². The number of hydrogen-bond acceptors (Lipinski definition) is 2. The van der Waals surface area contributed by atoms with E-state index >= 15 is 0 Å². The lowest BCUT2D eigenvalue weighted by Crippen LogP contribution is -1.98. The van der Waals surface area contributed by atoms with Crippen molar-refractivity contribution in [1.82, 2.24) is 4.98 Å². The lowest BCUT2D eigenvalue weighted by atomic mass is 10.1. The SMILES string of the molecule is Oc1cccc(NCc2c[nH]c3cc(Cl)ccc23)c1. The van der Waals surface area contributed by atoms with Crippen LogP contribution >= 0.6 is 11.6 Å². The van der Waals surface area contributed by atoms with Crippen LogP contribution in [0.3, 0.4) is 0 Å². The summed E-state index contributed by atoms with van der Waals surface area (Å²) >= 11 is 5.95. The number of halogens is 1. The van der Waals surface area contributed by atoms with Crippen molar-refractivity contribution in [2.45, 2.75) is 6.54 Å². The number of fused-ring (bicyclic) bond motifs is 1. The van der Waals surface area contributed by atoms with Crippen LogP contribution in [0.5, 0.6) is 5.75 Å². The molecule has 0 unspecified atom stereocenters. The number of phenolic OH excluding ortho intramolecular Hbond substituents is 1. The zero-order chi connectivity index (χ0) is 13.2. The van der Waals surface area contributed by atoms with Crippen molar-refractivity contribution >= 4 is 28.2 Å². The molecule has 0 aliphatic carbocycles. The summed E-state index contributed by atoms with van der Waals surface area (Å²) in [5.41, 5.74) is 3.08. The molecular formula is C15H13ClN2O. The summed E-state index contributed by atoms with van der Waals surface area (Å²) in [7, 11) is 0. The maximum atomic E-state index is 9.41. The molecule has 0 spiro atoms. The minimum absolute atomic E-state index is 0.260. The standard InChI is InChI=1S/C15H13ClN2O/c16-11-4-5-14-10(9-18-15(14)6-11)8-17-12-2-1-3-13(19)7-12/h1-7,9,17-19H,8H2. The van der Waals surface area contributed by atoms with Crippen LogP contribution in [0.2, 0.25) is 5.02 Å². The Bertz CT molecular complexity index is 721. The number of anilines is 1. The molecule has 0 radical (unpaired) electrons. The van der Waals surface area contributed by atoms with Gasteiger partial charge in [0.1, 0.15) is 5.75 Å². The minimum Gasteiger partial charge on any atom is -0.508 e. The van der Waals surface area contributed by atoms with Gasteiger partial charge >= 0.3 is 0 Å². The third kappa shape index (κ3) is 2.51. The first-order valence-electron chi connectivity index (χ1n) is 6.01. The Labute approximate surface area is 115 Å². The predicted octanol–water partition coefficient (Wildman–Crippen LogP) is 4.14. The van der Waals surface area contributed by atoms with E-state index in [-0.39, 0.29) is 5.75 Å². The third-order valence-electron chi connectivity index (χ3n) is 3.06. The second-order valence-corrected chi connectivity index (χ2v) is 4.84. The van der Waals surface area contributed by atoms with Crippen LogP contribution in [-0.2, 0) is 6.54 Å². The van der Waals surface area contributed by atoms with Gasteiger partial charge in [0, 0.05) is 40.4 Å². The molecule has 2 aromatic carbocycles. The van der Waals surface area contributed by atoms with E-state index in [0.29, 0.717) is 6.54 Å². The molecule has 0 saturated carbocycles. The van der Waals surface area contributed by atoms with E-state index in [4.69, 9.17) is 11.6 Å². The van der Waals surface area contributed by atoms with Gasteiger partial charge in [0.15, 0.2) is 0 Å². The first-order chi connectivity index (χ1) is 9.22. The molecule has 4 heteroatoms. The van der Waals surface area contributed by atoms with Gasteiger partial charge in [-0.3, -0.25) is 0 Å². The van der Waals surface area contributed by atoms with E-state index in [1.807, 2.05) is 36.5 Å². The van der Waals surface area contributed by atoms with Gasteiger partial charge in [-0.25, -0.2) is 0 Å². The summed E-state index contributed by atoms with van der Waals surface area (Å²) in [6, 6.07) is 12.9. The minimum atomic E-state index is 0.260. The molecule has 0 bridgehead atoms. The summed E-state index contributed by atoms with van der Waals surface area (Å²) in [6.45, 7) is 0.686. The van der Waals surface area contributed by atoms with Crippen molar-refractivity contribution < 1.29 is 5.11 Å². The Hall–Kier alpha value is -2.13. The highest BCUT2D eigenvalue weighted by atomic mass is 35.5. The van der Waals surface area contributed by atoms with Gasteiger partial charge in [-0.2, -0.15) is 0 Å². The molecule has 0 aliphatic heterocycles. The van der Waals surface area contributed by atoms with Crippen molar-refractivity contribution in [2.75, 3.05) is 5.32 Å². The summed E-state index contributed by atoms with van der Waals surface area (Å²) in [5, 5.41) is 14.6. The maximum absolute atomic E-state index is 9.41. The summed E-state index contributed by atoms with van der Waals surface area (Å²) in [4.78, 5) is 3.20. The molecule has 0 aliphatic rings. The van der Waals surface area contributed by atoms with Crippen LogP contribution in [0.15, 0.2) is 48.7 Å². The Balaban J connectivity index is 1.82. The monoisotopic (exact) mass is 272 g/mol. The van der Waals surface area contributed by atoms with Gasteiger partial charge in [-0.05, 0) is 29.8 Å². The molecule has 3 aromatic rings. The van der Waals surface area contributed by atoms with Crippen LogP contribution in [0.25, 0.3) is 10.9 Å². The molecule has 0 fully saturated rings. The molecular weight excluding hydrogens is 260 g/mol. The molecule has 3 rings (SSSR count). The Kier molecular flexibility index (Phi) is 3.05. The van der Waals surface area contributed by atoms with Crippen molar-refractivity contribution in [2.24, 2.45) is 0 Å². The van der Waals surface area contributed by atoms with Gasteiger partial charge in [0.25, 0.3) is 0 Å². The van der Waals surface area contributed by atoms with Crippen LogP contribution in [0.1, 0.15) is 5.56 Å². The quantitative estimate of drug-likeness (QED) is 0.671. The molecule has 0 saturated heterocycles. The lowest BCUT2D eigenvalue weighted by Gasteiger charge is -2.06. The number of aromatic amines is 1. The lowest BCUT2D eigenvalue weighted by molar-refractivity contribution is 0.475. The fraction of sp³-hybridized carbons (Fsp3) is 0.0667. The van der Waals surface area contributed by atoms with E-state index < -0.39 is 0 Å². The normalized spacial score (nSPS) is 10.8. The largest absolute Gasteiger partial charge is 0.508 e. The van der Waals surface area contributed by atoms with Crippen LogP contribution < -0.4 is 5.32 Å². The van der Waals surface area contributed by atoms with E-state index in [0.717, 1.165) is 27.2 Å². The number of nitrogens with one attached hydrogen (secondary N) is 2. The van der Waals surface area contributed by atoms with Crippen molar-refractivity contribution in [3.05, 3.63) is 59.2 Å². The number of aromatic nitrogens is 1. The topological polar surface area (TPSA) is 48.0 Å². The first kappa shape index (κ1) is 11.9. The van der Waals surface area contributed by atoms with E-state index in [1.165, 1.54) is 0 Å². The van der Waals surface area contributed by atoms with Gasteiger partial charge in [0.05, 0.1) is 0 Å². The van der Waals surface area contributed by atoms with E-state index in [2.05, 4.69) is 10.3 Å². The molecule has 1 aromatic heterocycles. The van der Waals surface area contributed by atoms with Gasteiger partial charge < -0.3 is 15.4 Å². The summed E-state index contributed by atoms with van der Waals surface area (Å²) in [6.07, 6.45) is 1.97. The van der Waals surface area contributed by atoms with Gasteiger partial charge in [-0.15, -0.1) is 0 Å². The van der Waals surface area contributed by atoms with Crippen LogP contribution in [0.4, 0.5) is 5.69 Å². The van der Waals surface area contributed by atoms with Crippen molar-refractivity contribution in [3.8, 4) is 5.75 Å². The number of aromatic hydroxyl groups is 1. The van der Waals surface area contributed by atoms with Crippen molar-refractivity contribution in [3.63, 3.8) is 0 Å². The molecule has 96 valence electrons. The average Bonchev–Trinajstić information content (AvgIpc) is 2.78. The first-order valence-corrected chi connectivity index (χ1v) is 6.38. The Morgan fingerprint density at radius 3 is 2.89 bits per heavy atom. The molecule has 3 nitrogen and oxygen atoms in total. The zero-order valence-electron chi connectivity index (χ0n) is 10.2. The van der Waals surface area contributed by atoms with Crippen LogP contribution in [-0.4, -0.2) is 10.1 Å². The smallest absolute Gasteiger partial charge is 0.117 e. The highest BCUT2D eigenvalue weighted by molar-refractivity contribution is 6.31. The molecule has 19 heavy (non-hydrogen) atoms. The van der Waals surface area contributed by atoms with Gasteiger partial charge in [-0.1, -0.05) is 23.7 Å². The fourth-order valence-corrected chi connectivity index (χ4v) is 2.29. The number of H-pyrrole nitrogens is 1. The highest BCUT2D eigenvalue weighted by Crippen LogP contribution is 2.23. The Morgan fingerprint density at radius 2 is 2.05 bits per heavy atom. The van der Waals surface area contributed by atoms with Crippen molar-refractivity contribution in [1.29, 1.82) is 0 Å². The molecule has 1 heterocycles. The second kappa shape index (κ2) is 4.86. The number of hydrogen-bond donors (Lipinski definition) is 3. The number of rotatable bonds is 3. The number of phenols is 1. The summed E-state index contributed by atoms with van der Waals surface area (Å²) in [5.74, 6) is 0.260. The zero-order valence-corrected chi connectivity index (χ0v) is 10.9. The average molecular weight is 273 g/mol. The molecule has 0 amide bonds. The van der Waals surface area contributed by atoms with Gasteiger partial charge in [0.2, 0.25) is 0 Å². The fourth-order valence-electron chi connectivity index (χ4n) is 2.12. The predicted molar refractivity (Wildman–Crippen MR) is 78.7 cm³/mol. The highest BCUT2D eigenvalue weighted by Gasteiger charge is 2.04. The van der Waals surface area contributed by atoms with E-state index in [9.17, 15) is 5.11 Å². The maximum Gasteiger partial charge on any atom is 0.117 e. The molecule has 0 atom stereocenters. The third-order valence-corrected chi connectivity index (χ3v) is 3.29. The van der Waals surface area contributed by atoms with Crippen LogP contribution in [0, 0.1) is 0 Å². The summed E-state index contributed by atoms with van der Waals surface area (Å²) < 4.78 is 0. The number of benzene rings is 2. The second-order valence-electron chi connectivity index (χ2n) is 4.41. The molecule has 3 N–H and O–H groups in total. The Morgan fingerprint density at radius 1 is 1.16 bits per heavy atom.